The lowest BCUT2D eigenvalue weighted by Gasteiger charge is -2.22. The van der Waals surface area contributed by atoms with Crippen molar-refractivity contribution >= 4 is 28.2 Å². The van der Waals surface area contributed by atoms with Gasteiger partial charge in [0, 0.05) is 27.5 Å². The molecule has 3 saturated carbocycles. The molecule has 3 aliphatic carbocycles. The highest BCUT2D eigenvalue weighted by atomic mass is 16.5. The number of hydrogen-bond acceptors (Lipinski definition) is 3. The Bertz CT molecular complexity index is 1040. The summed E-state index contributed by atoms with van der Waals surface area (Å²) in [4.78, 5) is 14.6. The monoisotopic (exact) mass is 343 g/mol. The number of benzene rings is 2. The van der Waals surface area contributed by atoms with Crippen LogP contribution < -0.4 is 4.74 Å². The number of fused-ring (bicyclic) bond motifs is 1. The minimum Gasteiger partial charge on any atom is -0.496 e. The van der Waals surface area contributed by atoms with E-state index in [1.54, 1.807) is 7.11 Å². The number of amidine groups is 2. The Morgan fingerprint density at radius 2 is 1.77 bits per heavy atom. The van der Waals surface area contributed by atoms with Crippen LogP contribution >= 0.6 is 0 Å². The highest BCUT2D eigenvalue weighted by Gasteiger charge is 2.60. The Morgan fingerprint density at radius 1 is 1.00 bits per heavy atom. The molecule has 4 nitrogen and oxygen atoms in total. The maximum Gasteiger partial charge on any atom is 0.161 e. The Labute approximate surface area is 152 Å². The van der Waals surface area contributed by atoms with Crippen molar-refractivity contribution in [2.24, 2.45) is 25.8 Å². The minimum atomic E-state index is 0.286. The van der Waals surface area contributed by atoms with E-state index in [9.17, 15) is 0 Å². The van der Waals surface area contributed by atoms with E-state index in [-0.39, 0.29) is 5.41 Å². The van der Waals surface area contributed by atoms with E-state index >= 15 is 0 Å². The number of ether oxygens (including phenoxy) is 1. The molecule has 130 valence electrons. The molecule has 0 atom stereocenters. The first-order chi connectivity index (χ1) is 12.7. The lowest BCUT2D eigenvalue weighted by molar-refractivity contribution is 0.420. The minimum absolute atomic E-state index is 0.286. The lowest BCUT2D eigenvalue weighted by Crippen LogP contribution is -2.28. The van der Waals surface area contributed by atoms with Crippen molar-refractivity contribution < 1.29 is 4.74 Å². The molecule has 1 aliphatic heterocycles. The van der Waals surface area contributed by atoms with Gasteiger partial charge in [-0.2, -0.15) is 0 Å². The smallest absolute Gasteiger partial charge is 0.161 e. The fourth-order valence-corrected chi connectivity index (χ4v) is 4.13. The zero-order valence-electron chi connectivity index (χ0n) is 15.0. The summed E-state index contributed by atoms with van der Waals surface area (Å²) in [6.45, 7) is 0.947. The first kappa shape index (κ1) is 14.7. The third-order valence-electron chi connectivity index (χ3n) is 6.50. The predicted octanol–water partition coefficient (Wildman–Crippen LogP) is 4.41. The molecule has 0 amide bonds. The van der Waals surface area contributed by atoms with Gasteiger partial charge < -0.3 is 4.74 Å². The molecule has 3 fully saturated rings. The maximum atomic E-state index is 5.56. The Balaban J connectivity index is 1.52. The summed E-state index contributed by atoms with van der Waals surface area (Å²) in [5.41, 5.74) is 3.15. The molecule has 0 unspecified atom stereocenters. The molecule has 1 heterocycles. The highest BCUT2D eigenvalue weighted by Crippen LogP contribution is 2.63. The maximum absolute atomic E-state index is 5.56. The second-order valence-electron chi connectivity index (χ2n) is 8.23. The number of nitrogens with zero attached hydrogens (tertiary/aromatic N) is 3. The average molecular weight is 343 g/mol. The Kier molecular flexibility index (Phi) is 2.71. The highest BCUT2D eigenvalue weighted by molar-refractivity contribution is 6.22. The van der Waals surface area contributed by atoms with Crippen molar-refractivity contribution in [2.75, 3.05) is 13.7 Å². The number of hydrogen-bond donors (Lipinski definition) is 0. The van der Waals surface area contributed by atoms with Crippen LogP contribution in [0, 0.1) is 10.8 Å². The molecule has 0 N–H and O–H groups in total. The fraction of sp³-hybridized carbons (Fsp3) is 0.409. The molecule has 0 radical (unpaired) electrons. The quantitative estimate of drug-likeness (QED) is 0.588. The van der Waals surface area contributed by atoms with Gasteiger partial charge in [-0.05, 0) is 49.6 Å². The first-order valence-corrected chi connectivity index (χ1v) is 9.51. The Morgan fingerprint density at radius 3 is 2.38 bits per heavy atom. The molecule has 2 aromatic carbocycles. The second kappa shape index (κ2) is 4.81. The SMILES string of the molecule is COc1ccc(C(=NC2=NCC23CC3)N=C2CC23CC3)c2ccccc12. The van der Waals surface area contributed by atoms with Crippen LogP contribution in [0.15, 0.2) is 51.4 Å². The topological polar surface area (TPSA) is 46.3 Å². The summed E-state index contributed by atoms with van der Waals surface area (Å²) < 4.78 is 5.56. The van der Waals surface area contributed by atoms with Crippen LogP contribution in [-0.4, -0.2) is 31.0 Å². The van der Waals surface area contributed by atoms with Crippen LogP contribution in [0.5, 0.6) is 5.75 Å². The van der Waals surface area contributed by atoms with Gasteiger partial charge in [-0.25, -0.2) is 9.98 Å². The standard InChI is InChI=1S/C22H21N3O/c1-26-17-7-6-16(14-4-2-3-5-15(14)17)19(24-18-12-21(18)8-9-21)25-20-22(10-11-22)13-23-20/h2-7H,8-13H2,1H3. The van der Waals surface area contributed by atoms with E-state index in [1.165, 1.54) is 31.4 Å². The van der Waals surface area contributed by atoms with Crippen molar-refractivity contribution in [1.29, 1.82) is 0 Å². The van der Waals surface area contributed by atoms with Crippen LogP contribution in [-0.2, 0) is 0 Å². The van der Waals surface area contributed by atoms with Crippen LogP contribution in [0.2, 0.25) is 0 Å². The van der Waals surface area contributed by atoms with Gasteiger partial charge in [0.1, 0.15) is 11.6 Å². The van der Waals surface area contributed by atoms with Gasteiger partial charge in [-0.15, -0.1) is 0 Å². The number of rotatable bonds is 2. The first-order valence-electron chi connectivity index (χ1n) is 9.51. The van der Waals surface area contributed by atoms with Crippen molar-refractivity contribution in [3.05, 3.63) is 42.0 Å². The number of methoxy groups -OCH3 is 1. The second-order valence-corrected chi connectivity index (χ2v) is 8.23. The van der Waals surface area contributed by atoms with Crippen LogP contribution in [0.4, 0.5) is 0 Å². The van der Waals surface area contributed by atoms with Crippen LogP contribution in [0.3, 0.4) is 0 Å². The van der Waals surface area contributed by atoms with Crippen LogP contribution in [0.1, 0.15) is 37.7 Å². The summed E-state index contributed by atoms with van der Waals surface area (Å²) in [5, 5.41) is 2.25. The molecule has 2 spiro atoms. The molecule has 0 saturated heterocycles. The van der Waals surface area contributed by atoms with E-state index in [2.05, 4.69) is 29.3 Å². The average Bonchev–Trinajstić information content (AvgIpc) is 3.55. The molecular weight excluding hydrogens is 322 g/mol. The van der Waals surface area contributed by atoms with Gasteiger partial charge in [0.15, 0.2) is 5.84 Å². The third kappa shape index (κ3) is 2.05. The molecule has 26 heavy (non-hydrogen) atoms. The van der Waals surface area contributed by atoms with Crippen molar-refractivity contribution in [2.45, 2.75) is 32.1 Å². The molecule has 0 bridgehead atoms. The normalized spacial score (nSPS) is 25.3. The lowest BCUT2D eigenvalue weighted by atomic mass is 10.00. The van der Waals surface area contributed by atoms with E-state index in [0.29, 0.717) is 5.41 Å². The molecule has 6 rings (SSSR count). The summed E-state index contributed by atoms with van der Waals surface area (Å²) in [7, 11) is 1.72. The van der Waals surface area contributed by atoms with Gasteiger partial charge in [0.2, 0.25) is 0 Å². The van der Waals surface area contributed by atoms with Crippen molar-refractivity contribution in [1.82, 2.24) is 0 Å². The van der Waals surface area contributed by atoms with Gasteiger partial charge >= 0.3 is 0 Å². The molecule has 4 aliphatic rings. The molecule has 0 aromatic heterocycles. The summed E-state index contributed by atoms with van der Waals surface area (Å²) in [5.74, 6) is 2.75. The van der Waals surface area contributed by atoms with E-state index in [1.807, 2.05) is 12.1 Å². The Hall–Kier alpha value is -2.49. The third-order valence-corrected chi connectivity index (χ3v) is 6.50. The van der Waals surface area contributed by atoms with E-state index in [0.717, 1.165) is 46.7 Å². The van der Waals surface area contributed by atoms with Crippen molar-refractivity contribution in [3.63, 3.8) is 0 Å². The van der Waals surface area contributed by atoms with E-state index < -0.39 is 0 Å². The zero-order chi connectivity index (χ0) is 17.4. The van der Waals surface area contributed by atoms with Gasteiger partial charge in [0.05, 0.1) is 13.7 Å². The summed E-state index contributed by atoms with van der Waals surface area (Å²) >= 11 is 0. The zero-order valence-corrected chi connectivity index (χ0v) is 15.0. The molecule has 4 heteroatoms. The van der Waals surface area contributed by atoms with Gasteiger partial charge in [-0.3, -0.25) is 4.99 Å². The predicted molar refractivity (Wildman–Crippen MR) is 105 cm³/mol. The summed E-state index contributed by atoms with van der Waals surface area (Å²) in [6.07, 6.45) is 6.21. The van der Waals surface area contributed by atoms with Crippen LogP contribution in [0.25, 0.3) is 10.8 Å². The fourth-order valence-electron chi connectivity index (χ4n) is 4.13. The molecular formula is C22H21N3O. The summed E-state index contributed by atoms with van der Waals surface area (Å²) in [6, 6.07) is 12.5. The van der Waals surface area contributed by atoms with Gasteiger partial charge in [-0.1, -0.05) is 24.3 Å². The van der Waals surface area contributed by atoms with E-state index in [4.69, 9.17) is 14.7 Å². The largest absolute Gasteiger partial charge is 0.496 e. The number of aliphatic imine (C=N–C) groups is 3. The van der Waals surface area contributed by atoms with Gasteiger partial charge in [0.25, 0.3) is 0 Å². The molecule has 2 aromatic rings. The van der Waals surface area contributed by atoms with Crippen molar-refractivity contribution in [3.8, 4) is 5.75 Å².